The van der Waals surface area contributed by atoms with Crippen LogP contribution >= 0.6 is 11.8 Å². The molecule has 0 radical (unpaired) electrons. The van der Waals surface area contributed by atoms with E-state index in [0.717, 1.165) is 34.9 Å². The Balaban J connectivity index is 1.43. The van der Waals surface area contributed by atoms with Gasteiger partial charge >= 0.3 is 0 Å². The van der Waals surface area contributed by atoms with Crippen LogP contribution in [0.1, 0.15) is 38.3 Å². The lowest BCUT2D eigenvalue weighted by Gasteiger charge is -2.20. The van der Waals surface area contributed by atoms with Gasteiger partial charge in [-0.1, -0.05) is 73.6 Å². The summed E-state index contributed by atoms with van der Waals surface area (Å²) in [6.45, 7) is 3.97. The zero-order chi connectivity index (χ0) is 20.9. The van der Waals surface area contributed by atoms with Gasteiger partial charge in [0.05, 0.1) is 16.9 Å². The smallest absolute Gasteiger partial charge is 0.277 e. The van der Waals surface area contributed by atoms with Crippen molar-refractivity contribution in [2.45, 2.75) is 43.2 Å². The van der Waals surface area contributed by atoms with Crippen LogP contribution in [0.25, 0.3) is 22.4 Å². The third kappa shape index (κ3) is 4.41. The summed E-state index contributed by atoms with van der Waals surface area (Å²) in [6.07, 6.45) is 3.73. The fourth-order valence-corrected chi connectivity index (χ4v) is 4.10. The molecule has 4 aromatic rings. The number of fused-ring (bicyclic) bond motifs is 1. The summed E-state index contributed by atoms with van der Waals surface area (Å²) >= 11 is 1.27. The molecular formula is C23H24N4O2S. The molecule has 2 aromatic heterocycles. The zero-order valence-electron chi connectivity index (χ0n) is 17.0. The second kappa shape index (κ2) is 9.17. The number of amides is 1. The Morgan fingerprint density at radius 3 is 2.70 bits per heavy atom. The number of carbonyl (C=O) groups is 1. The molecule has 2 heterocycles. The molecular weight excluding hydrogens is 396 g/mol. The van der Waals surface area contributed by atoms with Crippen molar-refractivity contribution in [3.05, 3.63) is 66.4 Å². The van der Waals surface area contributed by atoms with Gasteiger partial charge < -0.3 is 14.7 Å². The number of benzene rings is 2. The summed E-state index contributed by atoms with van der Waals surface area (Å²) in [4.78, 5) is 16.0. The first-order chi connectivity index (χ1) is 14.7. The highest BCUT2D eigenvalue weighted by Gasteiger charge is 2.22. The number of H-pyrrole nitrogens is 1. The molecule has 4 rings (SSSR count). The molecule has 2 atom stereocenters. The Hall–Kier alpha value is -3.06. The van der Waals surface area contributed by atoms with E-state index in [4.69, 9.17) is 4.42 Å². The van der Waals surface area contributed by atoms with Gasteiger partial charge in [0.1, 0.15) is 0 Å². The van der Waals surface area contributed by atoms with Crippen LogP contribution in [0.3, 0.4) is 0 Å². The van der Waals surface area contributed by atoms with Gasteiger partial charge in [-0.3, -0.25) is 4.79 Å². The average Bonchev–Trinajstić information content (AvgIpc) is 3.40. The Kier molecular flexibility index (Phi) is 6.18. The standard InChI is InChI=1S/C23H24N4O2S/c1-3-9-19(16-10-5-4-6-11-16)25-21(28)15(2)30-23-27-26-22(29-23)18-14-24-20-13-8-7-12-17(18)20/h4-8,10-15,19,24H,3,9H2,1-2H3,(H,25,28)/t15-,19-/m1/s1. The van der Waals surface area contributed by atoms with Gasteiger partial charge in [0, 0.05) is 17.1 Å². The lowest BCUT2D eigenvalue weighted by Crippen LogP contribution is -2.34. The van der Waals surface area contributed by atoms with Crippen molar-refractivity contribution in [3.63, 3.8) is 0 Å². The topological polar surface area (TPSA) is 83.8 Å². The molecule has 2 aromatic carbocycles. The van der Waals surface area contributed by atoms with Crippen LogP contribution in [-0.4, -0.2) is 26.3 Å². The fraction of sp³-hybridized carbons (Fsp3) is 0.261. The molecule has 0 saturated carbocycles. The van der Waals surface area contributed by atoms with E-state index in [0.29, 0.717) is 11.1 Å². The first-order valence-electron chi connectivity index (χ1n) is 10.1. The summed E-state index contributed by atoms with van der Waals surface area (Å²) in [5, 5.41) is 12.5. The predicted molar refractivity (Wildman–Crippen MR) is 119 cm³/mol. The molecule has 0 spiro atoms. The molecule has 2 N–H and O–H groups in total. The molecule has 0 unspecified atom stereocenters. The van der Waals surface area contributed by atoms with Crippen molar-refractivity contribution in [2.75, 3.05) is 0 Å². The van der Waals surface area contributed by atoms with Crippen molar-refractivity contribution in [2.24, 2.45) is 0 Å². The van der Waals surface area contributed by atoms with Crippen molar-refractivity contribution in [3.8, 4) is 11.5 Å². The van der Waals surface area contributed by atoms with Gasteiger partial charge in [-0.25, -0.2) is 0 Å². The number of hydrogen-bond acceptors (Lipinski definition) is 5. The van der Waals surface area contributed by atoms with Gasteiger partial charge in [-0.2, -0.15) is 0 Å². The maximum atomic E-state index is 12.8. The van der Waals surface area contributed by atoms with E-state index in [9.17, 15) is 4.79 Å². The van der Waals surface area contributed by atoms with Gasteiger partial charge in [-0.05, 0) is 25.0 Å². The SMILES string of the molecule is CCC[C@@H](NC(=O)[C@@H](C)Sc1nnc(-c2c[nH]c3ccccc23)o1)c1ccccc1. The average molecular weight is 421 g/mol. The lowest BCUT2D eigenvalue weighted by molar-refractivity contribution is -0.121. The monoisotopic (exact) mass is 420 g/mol. The van der Waals surface area contributed by atoms with Gasteiger partial charge in [0.15, 0.2) is 0 Å². The van der Waals surface area contributed by atoms with E-state index in [-0.39, 0.29) is 17.2 Å². The fourth-order valence-electron chi connectivity index (χ4n) is 3.40. The maximum absolute atomic E-state index is 12.8. The second-order valence-corrected chi connectivity index (χ2v) is 8.43. The molecule has 1 amide bonds. The number of aromatic amines is 1. The number of para-hydroxylation sites is 1. The normalized spacial score (nSPS) is 13.3. The minimum atomic E-state index is -0.357. The molecule has 0 bridgehead atoms. The van der Waals surface area contributed by atoms with Crippen LogP contribution < -0.4 is 5.32 Å². The number of aromatic nitrogens is 3. The van der Waals surface area contributed by atoms with Gasteiger partial charge in [0.2, 0.25) is 5.91 Å². The van der Waals surface area contributed by atoms with Crippen molar-refractivity contribution < 1.29 is 9.21 Å². The van der Waals surface area contributed by atoms with E-state index < -0.39 is 0 Å². The molecule has 0 aliphatic rings. The molecule has 0 aliphatic carbocycles. The van der Waals surface area contributed by atoms with Crippen LogP contribution in [0, 0.1) is 0 Å². The number of carbonyl (C=O) groups excluding carboxylic acids is 1. The highest BCUT2D eigenvalue weighted by Crippen LogP contribution is 2.31. The van der Waals surface area contributed by atoms with Crippen molar-refractivity contribution in [1.82, 2.24) is 20.5 Å². The molecule has 154 valence electrons. The van der Waals surface area contributed by atoms with Gasteiger partial charge in [-0.15, -0.1) is 10.2 Å². The predicted octanol–water partition coefficient (Wildman–Crippen LogP) is 5.36. The summed E-state index contributed by atoms with van der Waals surface area (Å²) in [7, 11) is 0. The minimum absolute atomic E-state index is 0.00350. The molecule has 0 aliphatic heterocycles. The largest absolute Gasteiger partial charge is 0.411 e. The Bertz CT molecular complexity index is 1120. The summed E-state index contributed by atoms with van der Waals surface area (Å²) in [6, 6.07) is 18.0. The van der Waals surface area contributed by atoms with E-state index in [2.05, 4.69) is 27.4 Å². The Labute approximate surface area is 179 Å². The molecule has 7 heteroatoms. The zero-order valence-corrected chi connectivity index (χ0v) is 17.8. The third-order valence-corrected chi connectivity index (χ3v) is 5.90. The molecule has 0 fully saturated rings. The molecule has 6 nitrogen and oxygen atoms in total. The highest BCUT2D eigenvalue weighted by molar-refractivity contribution is 8.00. The highest BCUT2D eigenvalue weighted by atomic mass is 32.2. The van der Waals surface area contributed by atoms with Gasteiger partial charge in [0.25, 0.3) is 11.1 Å². The summed E-state index contributed by atoms with van der Waals surface area (Å²) in [5.41, 5.74) is 2.98. The van der Waals surface area contributed by atoms with Crippen LogP contribution in [0.2, 0.25) is 0 Å². The Morgan fingerprint density at radius 1 is 1.13 bits per heavy atom. The molecule has 0 saturated heterocycles. The second-order valence-electron chi connectivity index (χ2n) is 7.14. The number of thioether (sulfide) groups is 1. The number of rotatable bonds is 8. The minimum Gasteiger partial charge on any atom is -0.411 e. The van der Waals surface area contributed by atoms with E-state index >= 15 is 0 Å². The lowest BCUT2D eigenvalue weighted by atomic mass is 10.0. The first kappa shape index (κ1) is 20.2. The van der Waals surface area contributed by atoms with Crippen LogP contribution in [0.4, 0.5) is 0 Å². The van der Waals surface area contributed by atoms with E-state index in [1.807, 2.05) is 67.7 Å². The number of hydrogen-bond donors (Lipinski definition) is 2. The van der Waals surface area contributed by atoms with E-state index in [1.165, 1.54) is 11.8 Å². The van der Waals surface area contributed by atoms with Crippen molar-refractivity contribution >= 4 is 28.6 Å². The number of nitrogens with zero attached hydrogens (tertiary/aromatic N) is 2. The summed E-state index contributed by atoms with van der Waals surface area (Å²) < 4.78 is 5.83. The third-order valence-electron chi connectivity index (χ3n) is 4.97. The van der Waals surface area contributed by atoms with Crippen LogP contribution in [-0.2, 0) is 4.79 Å². The van der Waals surface area contributed by atoms with E-state index in [1.54, 1.807) is 0 Å². The Morgan fingerprint density at radius 2 is 1.90 bits per heavy atom. The quantitative estimate of drug-likeness (QED) is 0.375. The molecule has 30 heavy (non-hydrogen) atoms. The maximum Gasteiger partial charge on any atom is 0.277 e. The summed E-state index contributed by atoms with van der Waals surface area (Å²) in [5.74, 6) is 0.393. The first-order valence-corrected chi connectivity index (χ1v) is 11.0. The number of nitrogens with one attached hydrogen (secondary N) is 2. The van der Waals surface area contributed by atoms with Crippen LogP contribution in [0.15, 0.2) is 70.4 Å². The van der Waals surface area contributed by atoms with Crippen LogP contribution in [0.5, 0.6) is 0 Å². The van der Waals surface area contributed by atoms with Crippen molar-refractivity contribution in [1.29, 1.82) is 0 Å².